The maximum absolute atomic E-state index is 15.3. The Morgan fingerprint density at radius 1 is 0.408 bits per heavy atom. The molecule has 0 radical (unpaired) electrons. The summed E-state index contributed by atoms with van der Waals surface area (Å²) in [4.78, 5) is 30.3. The van der Waals surface area contributed by atoms with Crippen molar-refractivity contribution < 1.29 is 0 Å². The van der Waals surface area contributed by atoms with Gasteiger partial charge in [0.2, 0.25) is 0 Å². The fraction of sp³-hybridized carbons (Fsp3) is 0.0222. The Kier molecular flexibility index (Phi) is 5.04. The monoisotopic (exact) mass is 626 g/mol. The van der Waals surface area contributed by atoms with E-state index in [0.717, 1.165) is 60.8 Å². The highest BCUT2D eigenvalue weighted by Gasteiger charge is 2.44. The highest BCUT2D eigenvalue weighted by atomic mass is 16.1. The van der Waals surface area contributed by atoms with Crippen LogP contribution in [0, 0.1) is 0 Å². The molecule has 0 aliphatic carbocycles. The van der Waals surface area contributed by atoms with E-state index in [1.165, 1.54) is 0 Å². The lowest BCUT2D eigenvalue weighted by molar-refractivity contribution is 0.745. The highest BCUT2D eigenvalue weighted by molar-refractivity contribution is 6.25. The van der Waals surface area contributed by atoms with Gasteiger partial charge in [-0.15, -0.1) is 0 Å². The third-order valence-corrected chi connectivity index (χ3v) is 10.9. The molecule has 0 bridgehead atoms. The fourth-order valence-electron chi connectivity index (χ4n) is 9.05. The zero-order valence-electron chi connectivity index (χ0n) is 26.2. The Bertz CT molecular complexity index is 3060. The van der Waals surface area contributed by atoms with E-state index in [0.29, 0.717) is 27.1 Å². The van der Waals surface area contributed by atoms with Crippen molar-refractivity contribution in [2.75, 3.05) is 0 Å². The molecule has 11 rings (SSSR count). The van der Waals surface area contributed by atoms with Crippen LogP contribution < -0.4 is 10.9 Å². The lowest BCUT2D eigenvalue weighted by Crippen LogP contribution is -2.35. The smallest absolute Gasteiger partial charge is 0.199 e. The van der Waals surface area contributed by atoms with E-state index >= 15 is 4.79 Å². The van der Waals surface area contributed by atoms with Crippen molar-refractivity contribution in [1.82, 2.24) is 8.97 Å². The van der Waals surface area contributed by atoms with Crippen molar-refractivity contribution >= 4 is 59.9 Å². The first-order valence-corrected chi connectivity index (χ1v) is 16.6. The van der Waals surface area contributed by atoms with Gasteiger partial charge >= 0.3 is 0 Å². The van der Waals surface area contributed by atoms with Crippen molar-refractivity contribution in [1.29, 1.82) is 0 Å². The van der Waals surface area contributed by atoms with Crippen LogP contribution in [0.4, 0.5) is 0 Å². The number of rotatable bonds is 3. The molecule has 7 aromatic carbocycles. The lowest BCUT2D eigenvalue weighted by atomic mass is 9.63. The number of aromatic nitrogens is 2. The number of fused-ring (bicyclic) bond motifs is 4. The molecule has 0 atom stereocenters. The summed E-state index contributed by atoms with van der Waals surface area (Å²) in [7, 11) is 0. The predicted octanol–water partition coefficient (Wildman–Crippen LogP) is 9.35. The van der Waals surface area contributed by atoms with E-state index in [2.05, 4.69) is 93.9 Å². The highest BCUT2D eigenvalue weighted by Crippen LogP contribution is 2.52. The Hall–Kier alpha value is -6.52. The Morgan fingerprint density at radius 3 is 1.57 bits per heavy atom. The molecule has 0 unspecified atom stereocenters. The largest absolute Gasteiger partial charge is 0.308 e. The van der Waals surface area contributed by atoms with Gasteiger partial charge in [0.05, 0.1) is 38.4 Å². The van der Waals surface area contributed by atoms with Crippen LogP contribution in [0.5, 0.6) is 0 Å². The number of pyridine rings is 2. The minimum Gasteiger partial charge on any atom is -0.308 e. The lowest BCUT2D eigenvalue weighted by Gasteiger charge is -2.41. The maximum Gasteiger partial charge on any atom is 0.199 e. The summed E-state index contributed by atoms with van der Waals surface area (Å²) in [5.41, 5.74) is 8.47. The third kappa shape index (κ3) is 3.10. The van der Waals surface area contributed by atoms with Crippen LogP contribution in [0.1, 0.15) is 22.3 Å². The first-order chi connectivity index (χ1) is 24.2. The molecule has 10 aromatic rings. The predicted molar refractivity (Wildman–Crippen MR) is 200 cm³/mol. The van der Waals surface area contributed by atoms with Crippen molar-refractivity contribution in [2.24, 2.45) is 0 Å². The van der Waals surface area contributed by atoms with Gasteiger partial charge in [-0.2, -0.15) is 0 Å². The Labute approximate surface area is 279 Å². The van der Waals surface area contributed by atoms with E-state index in [9.17, 15) is 4.79 Å². The minimum atomic E-state index is -0.770. The van der Waals surface area contributed by atoms with Gasteiger partial charge in [0, 0.05) is 32.6 Å². The fourth-order valence-corrected chi connectivity index (χ4v) is 9.05. The maximum atomic E-state index is 15.3. The standard InChI is InChI=1S/C45H26N2O2/c48-43-31-21-12-23-35-39(31)47-40-32(22-13-24-36(40)45(35,27-14-4-1-5-15-27)28-16-6-2-7-17-28)44(49)38-41-33(26-34(43)42(38)47)30-20-10-11-25-37(30)46(41)29-18-8-3-9-19-29/h1-26H. The van der Waals surface area contributed by atoms with Gasteiger partial charge in [0.15, 0.2) is 10.9 Å². The van der Waals surface area contributed by atoms with Crippen LogP contribution in [0.25, 0.3) is 65.6 Å². The topological polar surface area (TPSA) is 43.5 Å². The molecular weight excluding hydrogens is 601 g/mol. The SMILES string of the molecule is O=c1c2cccc3c2n2c4c(cccc4c(=O)c4c5c(cc1c42)c1ccccc1n5-c1ccccc1)C3(c1ccccc1)c1ccccc1. The van der Waals surface area contributed by atoms with Crippen molar-refractivity contribution in [2.45, 2.75) is 5.41 Å². The molecule has 49 heavy (non-hydrogen) atoms. The van der Waals surface area contributed by atoms with Gasteiger partial charge < -0.3 is 8.97 Å². The number of para-hydroxylation sites is 4. The quantitative estimate of drug-likeness (QED) is 0.145. The van der Waals surface area contributed by atoms with Crippen LogP contribution >= 0.6 is 0 Å². The summed E-state index contributed by atoms with van der Waals surface area (Å²) >= 11 is 0. The van der Waals surface area contributed by atoms with Gasteiger partial charge in [-0.05, 0) is 58.7 Å². The molecule has 0 spiro atoms. The van der Waals surface area contributed by atoms with Gasteiger partial charge in [0.1, 0.15) is 0 Å². The third-order valence-electron chi connectivity index (χ3n) is 10.9. The molecule has 4 heterocycles. The van der Waals surface area contributed by atoms with Crippen LogP contribution in [0.3, 0.4) is 0 Å². The summed E-state index contributed by atoms with van der Waals surface area (Å²) in [5.74, 6) is 0. The molecule has 228 valence electrons. The van der Waals surface area contributed by atoms with E-state index in [1.54, 1.807) is 0 Å². The van der Waals surface area contributed by atoms with Crippen LogP contribution in [-0.2, 0) is 5.41 Å². The van der Waals surface area contributed by atoms with E-state index in [1.807, 2.05) is 72.8 Å². The Balaban J connectivity index is 1.48. The van der Waals surface area contributed by atoms with Crippen LogP contribution in [0.2, 0.25) is 0 Å². The second kappa shape index (κ2) is 9.30. The summed E-state index contributed by atoms with van der Waals surface area (Å²) in [6.45, 7) is 0. The molecule has 3 aromatic heterocycles. The number of hydrogen-bond donors (Lipinski definition) is 0. The average Bonchev–Trinajstić information content (AvgIpc) is 3.50. The molecule has 1 aliphatic rings. The average molecular weight is 627 g/mol. The molecule has 4 nitrogen and oxygen atoms in total. The van der Waals surface area contributed by atoms with Gasteiger partial charge in [-0.25, -0.2) is 0 Å². The number of nitrogens with zero attached hydrogens (tertiary/aromatic N) is 2. The normalized spacial score (nSPS) is 13.6. The molecule has 0 saturated carbocycles. The van der Waals surface area contributed by atoms with Crippen molar-refractivity contribution in [3.8, 4) is 5.69 Å². The second-order valence-electron chi connectivity index (χ2n) is 13.1. The zero-order valence-corrected chi connectivity index (χ0v) is 26.2. The van der Waals surface area contributed by atoms with Gasteiger partial charge in [-0.3, -0.25) is 9.59 Å². The molecule has 0 amide bonds. The van der Waals surface area contributed by atoms with Crippen molar-refractivity contribution in [3.63, 3.8) is 0 Å². The minimum absolute atomic E-state index is 0.0616. The first-order valence-electron chi connectivity index (χ1n) is 16.6. The first kappa shape index (κ1) is 26.5. The van der Waals surface area contributed by atoms with Gasteiger partial charge in [0.25, 0.3) is 0 Å². The summed E-state index contributed by atoms with van der Waals surface area (Å²) in [6, 6.07) is 53.7. The Morgan fingerprint density at radius 2 is 0.939 bits per heavy atom. The van der Waals surface area contributed by atoms with Gasteiger partial charge in [-0.1, -0.05) is 121 Å². The molecular formula is C45H26N2O2. The molecule has 0 N–H and O–H groups in total. The number of hydrogen-bond acceptors (Lipinski definition) is 2. The molecule has 0 fully saturated rings. The molecule has 4 heteroatoms. The molecule has 0 saturated heterocycles. The zero-order chi connectivity index (χ0) is 32.4. The molecule has 1 aliphatic heterocycles. The van der Waals surface area contributed by atoms with Crippen LogP contribution in [0.15, 0.2) is 167 Å². The summed E-state index contributed by atoms with van der Waals surface area (Å²) in [6.07, 6.45) is 0. The van der Waals surface area contributed by atoms with E-state index in [4.69, 9.17) is 0 Å². The second-order valence-corrected chi connectivity index (χ2v) is 13.1. The summed E-state index contributed by atoms with van der Waals surface area (Å²) in [5, 5.41) is 4.31. The van der Waals surface area contributed by atoms with E-state index in [-0.39, 0.29) is 10.9 Å². The van der Waals surface area contributed by atoms with E-state index < -0.39 is 5.41 Å². The van der Waals surface area contributed by atoms with Crippen molar-refractivity contribution in [3.05, 3.63) is 200 Å². The van der Waals surface area contributed by atoms with Crippen LogP contribution in [-0.4, -0.2) is 8.97 Å². The number of benzene rings is 7. The summed E-state index contributed by atoms with van der Waals surface area (Å²) < 4.78 is 4.44.